The number of carbonyl (C=O) groups is 1. The Morgan fingerprint density at radius 2 is 2.07 bits per heavy atom. The Morgan fingerprint density at radius 1 is 1.23 bits per heavy atom. The number of nitrogens with one attached hydrogen (secondary N) is 1. The zero-order valence-electron chi connectivity index (χ0n) is 16.7. The molecule has 1 aliphatic rings. The second-order valence-electron chi connectivity index (χ2n) is 6.89. The maximum absolute atomic E-state index is 12.2. The molecule has 158 valence electrons. The van der Waals surface area contributed by atoms with Crippen LogP contribution in [0.1, 0.15) is 29.6 Å². The molecule has 0 atom stereocenters. The average molecular weight is 445 g/mol. The average Bonchev–Trinajstić information content (AvgIpc) is 3.32. The number of hydrogen-bond acceptors (Lipinski definition) is 7. The number of rotatable bonds is 11. The fourth-order valence-electron chi connectivity index (χ4n) is 3.07. The molecule has 4 rings (SSSR count). The van der Waals surface area contributed by atoms with Gasteiger partial charge in [-0.15, -0.1) is 21.5 Å². The van der Waals surface area contributed by atoms with E-state index in [1.54, 1.807) is 18.4 Å². The van der Waals surface area contributed by atoms with Crippen molar-refractivity contribution >= 4 is 29.0 Å². The number of nitrogens with zero attached hydrogens (tertiary/aromatic N) is 3. The molecule has 9 heteroatoms. The van der Waals surface area contributed by atoms with Gasteiger partial charge in [0.1, 0.15) is 12.4 Å². The molecule has 0 saturated heterocycles. The largest absolute Gasteiger partial charge is 0.493 e. The Bertz CT molecular complexity index is 971. The number of hydrogen-bond donors (Lipinski definition) is 1. The molecule has 1 aliphatic carbocycles. The summed E-state index contributed by atoms with van der Waals surface area (Å²) in [4.78, 5) is 13.5. The normalized spacial score (nSPS) is 13.2. The number of benzene rings is 1. The first-order valence-corrected chi connectivity index (χ1v) is 11.7. The van der Waals surface area contributed by atoms with Gasteiger partial charge in [-0.3, -0.25) is 4.79 Å². The van der Waals surface area contributed by atoms with E-state index in [0.717, 1.165) is 30.2 Å². The standard InChI is InChI=1S/C21H24N4O3S2/c1-27-17-6-2-3-7-18(17)28-11-10-22-20(26)14-30-21-24-23-19(25(21)15-8-9-15)13-16-5-4-12-29-16/h2-7,12,15H,8-11,13-14H2,1H3,(H,22,26). The maximum Gasteiger partial charge on any atom is 0.230 e. The summed E-state index contributed by atoms with van der Waals surface area (Å²) in [6.07, 6.45) is 3.08. The molecular formula is C21H24N4O3S2. The number of para-hydroxylation sites is 2. The lowest BCUT2D eigenvalue weighted by atomic mass is 10.3. The monoisotopic (exact) mass is 444 g/mol. The van der Waals surface area contributed by atoms with Crippen LogP contribution in [-0.4, -0.2) is 46.7 Å². The molecule has 7 nitrogen and oxygen atoms in total. The molecule has 1 saturated carbocycles. The van der Waals surface area contributed by atoms with Crippen molar-refractivity contribution in [3.8, 4) is 11.5 Å². The highest BCUT2D eigenvalue weighted by Gasteiger charge is 2.29. The molecule has 0 unspecified atom stereocenters. The van der Waals surface area contributed by atoms with Crippen molar-refractivity contribution in [2.24, 2.45) is 0 Å². The second kappa shape index (κ2) is 9.99. The van der Waals surface area contributed by atoms with Crippen molar-refractivity contribution in [3.63, 3.8) is 0 Å². The molecule has 1 amide bonds. The summed E-state index contributed by atoms with van der Waals surface area (Å²) in [7, 11) is 1.60. The molecule has 0 spiro atoms. The molecule has 0 aliphatic heterocycles. The van der Waals surface area contributed by atoms with E-state index in [9.17, 15) is 4.79 Å². The number of ether oxygens (including phenoxy) is 2. The van der Waals surface area contributed by atoms with Crippen LogP contribution in [0.2, 0.25) is 0 Å². The van der Waals surface area contributed by atoms with Gasteiger partial charge in [0, 0.05) is 17.3 Å². The van der Waals surface area contributed by atoms with Gasteiger partial charge in [-0.1, -0.05) is 30.0 Å². The summed E-state index contributed by atoms with van der Waals surface area (Å²) in [5, 5.41) is 14.5. The van der Waals surface area contributed by atoms with Crippen LogP contribution >= 0.6 is 23.1 Å². The van der Waals surface area contributed by atoms with Crippen LogP contribution in [0.4, 0.5) is 0 Å². The van der Waals surface area contributed by atoms with E-state index in [-0.39, 0.29) is 5.91 Å². The van der Waals surface area contributed by atoms with Crippen LogP contribution in [0.5, 0.6) is 11.5 Å². The Balaban J connectivity index is 1.24. The van der Waals surface area contributed by atoms with Crippen LogP contribution in [0.3, 0.4) is 0 Å². The molecule has 2 heterocycles. The van der Waals surface area contributed by atoms with Gasteiger partial charge < -0.3 is 19.4 Å². The molecule has 1 N–H and O–H groups in total. The van der Waals surface area contributed by atoms with Gasteiger partial charge in [0.05, 0.1) is 19.4 Å². The van der Waals surface area contributed by atoms with E-state index in [4.69, 9.17) is 9.47 Å². The summed E-state index contributed by atoms with van der Waals surface area (Å²) in [6.45, 7) is 0.802. The van der Waals surface area contributed by atoms with Crippen LogP contribution in [0, 0.1) is 0 Å². The predicted octanol–water partition coefficient (Wildman–Crippen LogP) is 3.56. The predicted molar refractivity (Wildman–Crippen MR) is 118 cm³/mol. The lowest BCUT2D eigenvalue weighted by Gasteiger charge is -2.11. The number of amides is 1. The third-order valence-electron chi connectivity index (χ3n) is 4.64. The molecule has 3 aromatic rings. The van der Waals surface area contributed by atoms with Crippen molar-refractivity contribution in [1.82, 2.24) is 20.1 Å². The summed E-state index contributed by atoms with van der Waals surface area (Å²) < 4.78 is 13.1. The van der Waals surface area contributed by atoms with E-state index < -0.39 is 0 Å². The molecule has 0 radical (unpaired) electrons. The van der Waals surface area contributed by atoms with Gasteiger partial charge >= 0.3 is 0 Å². The van der Waals surface area contributed by atoms with E-state index in [1.807, 2.05) is 24.3 Å². The first-order chi connectivity index (χ1) is 14.7. The topological polar surface area (TPSA) is 78.3 Å². The molecule has 1 fully saturated rings. The minimum absolute atomic E-state index is 0.0474. The number of methoxy groups -OCH3 is 1. The summed E-state index contributed by atoms with van der Waals surface area (Å²) in [5.74, 6) is 2.58. The van der Waals surface area contributed by atoms with Gasteiger partial charge in [-0.25, -0.2) is 0 Å². The molecule has 0 bridgehead atoms. The lowest BCUT2D eigenvalue weighted by Crippen LogP contribution is -2.29. The van der Waals surface area contributed by atoms with Gasteiger partial charge in [-0.05, 0) is 36.4 Å². The first kappa shape index (κ1) is 20.7. The highest BCUT2D eigenvalue weighted by molar-refractivity contribution is 7.99. The van der Waals surface area contributed by atoms with E-state index in [1.165, 1.54) is 16.6 Å². The SMILES string of the molecule is COc1ccccc1OCCNC(=O)CSc1nnc(Cc2cccs2)n1C1CC1. The molecule has 30 heavy (non-hydrogen) atoms. The number of aromatic nitrogens is 3. The van der Waals surface area contributed by atoms with Crippen LogP contribution < -0.4 is 14.8 Å². The van der Waals surface area contributed by atoms with Gasteiger partial charge in [0.2, 0.25) is 5.91 Å². The lowest BCUT2D eigenvalue weighted by molar-refractivity contribution is -0.118. The number of thiophene rings is 1. The highest BCUT2D eigenvalue weighted by Crippen LogP contribution is 2.39. The Kier molecular flexibility index (Phi) is 6.91. The molecule has 2 aromatic heterocycles. The Morgan fingerprint density at radius 3 is 2.80 bits per heavy atom. The fourth-order valence-corrected chi connectivity index (χ4v) is 4.62. The minimum Gasteiger partial charge on any atom is -0.493 e. The number of carbonyl (C=O) groups excluding carboxylic acids is 1. The summed E-state index contributed by atoms with van der Waals surface area (Å²) in [5.41, 5.74) is 0. The van der Waals surface area contributed by atoms with Gasteiger partial charge in [-0.2, -0.15) is 0 Å². The minimum atomic E-state index is -0.0474. The fraction of sp³-hybridized carbons (Fsp3) is 0.381. The smallest absolute Gasteiger partial charge is 0.230 e. The third kappa shape index (κ3) is 5.34. The van der Waals surface area contributed by atoms with E-state index in [2.05, 4.69) is 37.6 Å². The second-order valence-corrected chi connectivity index (χ2v) is 8.87. The quantitative estimate of drug-likeness (QED) is 0.360. The Labute approximate surface area is 183 Å². The van der Waals surface area contributed by atoms with Crippen LogP contribution in [0.15, 0.2) is 46.9 Å². The van der Waals surface area contributed by atoms with Crippen molar-refractivity contribution in [2.75, 3.05) is 26.0 Å². The van der Waals surface area contributed by atoms with Crippen LogP contribution in [-0.2, 0) is 11.2 Å². The van der Waals surface area contributed by atoms with Crippen molar-refractivity contribution < 1.29 is 14.3 Å². The van der Waals surface area contributed by atoms with E-state index in [0.29, 0.717) is 36.4 Å². The van der Waals surface area contributed by atoms with Crippen LogP contribution in [0.25, 0.3) is 0 Å². The van der Waals surface area contributed by atoms with E-state index >= 15 is 0 Å². The zero-order valence-corrected chi connectivity index (χ0v) is 18.4. The Hall–Kier alpha value is -2.52. The van der Waals surface area contributed by atoms with Gasteiger partial charge in [0.15, 0.2) is 16.7 Å². The van der Waals surface area contributed by atoms with Crippen molar-refractivity contribution in [3.05, 3.63) is 52.5 Å². The zero-order chi connectivity index (χ0) is 20.8. The molecule has 1 aromatic carbocycles. The third-order valence-corrected chi connectivity index (χ3v) is 6.46. The summed E-state index contributed by atoms with van der Waals surface area (Å²) in [6, 6.07) is 12.1. The maximum atomic E-state index is 12.2. The highest BCUT2D eigenvalue weighted by atomic mass is 32.2. The van der Waals surface area contributed by atoms with Crippen molar-refractivity contribution in [1.29, 1.82) is 0 Å². The van der Waals surface area contributed by atoms with Crippen molar-refractivity contribution in [2.45, 2.75) is 30.5 Å². The summed E-state index contributed by atoms with van der Waals surface area (Å²) >= 11 is 3.16. The molecular weight excluding hydrogens is 420 g/mol. The first-order valence-electron chi connectivity index (χ1n) is 9.86. The van der Waals surface area contributed by atoms with Gasteiger partial charge in [0.25, 0.3) is 0 Å². The number of thioether (sulfide) groups is 1.